The summed E-state index contributed by atoms with van der Waals surface area (Å²) >= 11 is 0. The molecule has 556 valence electrons. The Kier molecular flexibility index (Phi) is 14.2. The Labute approximate surface area is 694 Å². The molecule has 2 aliphatic rings. The van der Waals surface area contributed by atoms with Gasteiger partial charge in [-0.05, 0) is 211 Å². The fourth-order valence-corrected chi connectivity index (χ4v) is 18.6. The lowest BCUT2D eigenvalue weighted by atomic mass is 9.33. The van der Waals surface area contributed by atoms with E-state index in [0.717, 1.165) is 161 Å². The van der Waals surface area contributed by atoms with E-state index in [1.165, 1.54) is 11.1 Å². The number of hydrogen-bond acceptors (Lipinski definition) is 3. The van der Waals surface area contributed by atoms with Crippen LogP contribution < -0.4 is 31.1 Å². The first-order chi connectivity index (χ1) is 60.6. The molecule has 0 bridgehead atoms. The number of benzene rings is 17. The first kappa shape index (κ1) is 61.2. The van der Waals surface area contributed by atoms with Gasteiger partial charge in [-0.1, -0.05) is 296 Å². The minimum atomic E-state index is -0.568. The van der Waals surface area contributed by atoms with E-state index in [9.17, 15) is 11.0 Å². The molecular weight excluding hydrogens is 1420 g/mol. The third kappa shape index (κ3) is 11.4. The van der Waals surface area contributed by atoms with Gasteiger partial charge in [-0.15, -0.1) is 0 Å². The van der Waals surface area contributed by atoms with E-state index in [2.05, 4.69) is 387 Å². The predicted molar refractivity (Wildman–Crippen MR) is 497 cm³/mol. The summed E-state index contributed by atoms with van der Waals surface area (Å²) in [7, 11) is 0. The average molecular weight is 1510 g/mol. The van der Waals surface area contributed by atoms with E-state index in [0.29, 0.717) is 11.4 Å². The van der Waals surface area contributed by atoms with Crippen LogP contribution in [0.15, 0.2) is 394 Å². The highest BCUT2D eigenvalue weighted by Gasteiger charge is 2.46. The van der Waals surface area contributed by atoms with Crippen LogP contribution in [0.1, 0.15) is 63.6 Å². The van der Waals surface area contributed by atoms with Crippen molar-refractivity contribution in [1.82, 2.24) is 13.7 Å². The standard InChI is InChI=1S/C110H83BN6/c1-109(2,3)78-52-59-100-92(65-78)93-66-79(110(4,5)6)53-60-101(93)114(100)83-54-57-95-103(68-83)116(85-63-76(72-32-13-7-14-33-72)62-77(64-85)73-34-15-8-16-35-73)105-70-86(115-97-49-28-25-44-89(97)90-45-26-29-50-98(90)115)71-106-107(105)111(95)96-58-55-84(69-104(96)117(106)108-87(74-36-17-9-18-37-74)47-31-48-88(108)75-38-19-10-20-39-75)113-99-51-30-27-46-91(99)94-67-82(56-61-102(94)113)112(80-40-21-11-22-41-80)81-42-23-12-24-43-81/h7-71H,1-6H3/i25D,26D,28D,29D,44D,45D,49D,50D. The molecule has 0 fully saturated rings. The van der Waals surface area contributed by atoms with Crippen molar-refractivity contribution in [3.63, 3.8) is 0 Å². The van der Waals surface area contributed by atoms with Gasteiger partial charge in [0.25, 0.3) is 6.71 Å². The monoisotopic (exact) mass is 1510 g/mol. The van der Waals surface area contributed by atoms with Crippen molar-refractivity contribution in [3.8, 4) is 61.6 Å². The van der Waals surface area contributed by atoms with Crippen LogP contribution in [0.25, 0.3) is 127 Å². The zero-order chi connectivity index (χ0) is 85.3. The zero-order valence-electron chi connectivity index (χ0n) is 73.7. The second-order valence-electron chi connectivity index (χ2n) is 33.1. The normalized spacial score (nSPS) is 13.6. The Bertz CT molecular complexity index is 7550. The summed E-state index contributed by atoms with van der Waals surface area (Å²) in [6.07, 6.45) is 0. The summed E-state index contributed by atoms with van der Waals surface area (Å²) in [5, 5.41) is 4.37. The molecule has 5 heterocycles. The van der Waals surface area contributed by atoms with E-state index in [-0.39, 0.29) is 32.6 Å². The molecule has 0 saturated heterocycles. The molecule has 6 nitrogen and oxygen atoms in total. The fourth-order valence-electron chi connectivity index (χ4n) is 18.6. The fraction of sp³-hybridized carbons (Fsp3) is 0.0727. The van der Waals surface area contributed by atoms with E-state index in [1.807, 2.05) is 24.3 Å². The van der Waals surface area contributed by atoms with Gasteiger partial charge in [-0.2, -0.15) is 0 Å². The topological polar surface area (TPSA) is 24.5 Å². The van der Waals surface area contributed by atoms with Gasteiger partial charge in [0.1, 0.15) is 0 Å². The SMILES string of the molecule is [2H]c1c([2H])c([2H])c2c(c1[2H])c1c([2H])c([2H])c([2H])c([2H])c1n2-c1cc2c3c(c1)N(c1c(-c4ccccc4)cccc1-c1ccccc1)c1cc(-n4c5ccccc5c5cc(N(c6ccccc6)c6ccccc6)ccc54)ccc1B3c1ccc(-n3c4ccc(C(C)(C)C)cc4c4cc(C(C)(C)C)ccc43)cc1N2c1cc(-c2ccccc2)cc(-c2ccccc2)c1. The van der Waals surface area contributed by atoms with Crippen LogP contribution in [0, 0.1) is 0 Å². The van der Waals surface area contributed by atoms with E-state index in [1.54, 1.807) is 4.57 Å². The molecule has 0 N–H and O–H groups in total. The van der Waals surface area contributed by atoms with Gasteiger partial charge < -0.3 is 28.4 Å². The summed E-state index contributed by atoms with van der Waals surface area (Å²) in [4.78, 5) is 7.15. The van der Waals surface area contributed by atoms with Gasteiger partial charge in [0, 0.05) is 100 Å². The maximum atomic E-state index is 10.3. The van der Waals surface area contributed by atoms with Crippen molar-refractivity contribution in [1.29, 1.82) is 0 Å². The second-order valence-corrected chi connectivity index (χ2v) is 33.1. The molecule has 20 aromatic rings. The van der Waals surface area contributed by atoms with Crippen LogP contribution in [0.3, 0.4) is 0 Å². The predicted octanol–water partition coefficient (Wildman–Crippen LogP) is 27.8. The Morgan fingerprint density at radius 3 is 1.16 bits per heavy atom. The van der Waals surface area contributed by atoms with Crippen molar-refractivity contribution < 1.29 is 11.0 Å². The van der Waals surface area contributed by atoms with Gasteiger partial charge in [0.05, 0.1) is 55.4 Å². The molecular formula is C110H83BN6. The third-order valence-electron chi connectivity index (χ3n) is 24.1. The summed E-state index contributed by atoms with van der Waals surface area (Å²) in [5.41, 5.74) is 26.9. The number of hydrogen-bond donors (Lipinski definition) is 0. The van der Waals surface area contributed by atoms with Crippen LogP contribution in [0.2, 0.25) is 0 Å². The number of anilines is 9. The molecule has 0 saturated carbocycles. The number of nitrogens with zero attached hydrogens (tertiary/aromatic N) is 6. The van der Waals surface area contributed by atoms with Crippen LogP contribution in [-0.2, 0) is 10.8 Å². The van der Waals surface area contributed by atoms with Gasteiger partial charge in [-0.3, -0.25) is 0 Å². The summed E-state index contributed by atoms with van der Waals surface area (Å²) < 4.78 is 85.0. The Balaban J connectivity index is 0.919. The first-order valence-electron chi connectivity index (χ1n) is 44.3. The van der Waals surface area contributed by atoms with Crippen molar-refractivity contribution in [3.05, 3.63) is 405 Å². The lowest BCUT2D eigenvalue weighted by molar-refractivity contribution is 0.590. The van der Waals surface area contributed by atoms with E-state index < -0.39 is 55.1 Å². The second kappa shape index (κ2) is 27.2. The highest BCUT2D eigenvalue weighted by Crippen LogP contribution is 2.54. The van der Waals surface area contributed by atoms with Crippen molar-refractivity contribution in [2.75, 3.05) is 14.7 Å². The molecule has 0 amide bonds. The quantitative estimate of drug-likeness (QED) is 0.114. The Morgan fingerprint density at radius 2 is 0.667 bits per heavy atom. The van der Waals surface area contributed by atoms with Gasteiger partial charge in [0.2, 0.25) is 0 Å². The van der Waals surface area contributed by atoms with Crippen molar-refractivity contribution in [2.24, 2.45) is 0 Å². The van der Waals surface area contributed by atoms with Gasteiger partial charge >= 0.3 is 0 Å². The molecule has 0 radical (unpaired) electrons. The summed E-state index contributed by atoms with van der Waals surface area (Å²) in [5.74, 6) is 0. The number of fused-ring (bicyclic) bond motifs is 13. The molecule has 0 spiro atoms. The molecule has 7 heteroatoms. The molecule has 22 rings (SSSR count). The van der Waals surface area contributed by atoms with Crippen LogP contribution in [-0.4, -0.2) is 20.4 Å². The molecule has 0 aliphatic carbocycles. The van der Waals surface area contributed by atoms with Crippen LogP contribution >= 0.6 is 0 Å². The zero-order valence-corrected chi connectivity index (χ0v) is 65.7. The smallest absolute Gasteiger partial charge is 0.252 e. The third-order valence-corrected chi connectivity index (χ3v) is 24.1. The van der Waals surface area contributed by atoms with Crippen molar-refractivity contribution >= 4 is 140 Å². The van der Waals surface area contributed by atoms with Crippen LogP contribution in [0.4, 0.5) is 51.2 Å². The molecule has 3 aromatic heterocycles. The maximum Gasteiger partial charge on any atom is 0.252 e. The van der Waals surface area contributed by atoms with Crippen LogP contribution in [0.5, 0.6) is 0 Å². The molecule has 0 unspecified atom stereocenters. The highest BCUT2D eigenvalue weighted by molar-refractivity contribution is 7.00. The molecule has 117 heavy (non-hydrogen) atoms. The minimum Gasteiger partial charge on any atom is -0.311 e. The number of para-hydroxylation sites is 6. The molecule has 2 aliphatic heterocycles. The van der Waals surface area contributed by atoms with Crippen molar-refractivity contribution in [2.45, 2.75) is 52.4 Å². The molecule has 0 atom stereocenters. The molecule has 17 aromatic carbocycles. The van der Waals surface area contributed by atoms with E-state index in [4.69, 9.17) is 0 Å². The largest absolute Gasteiger partial charge is 0.311 e. The number of aromatic nitrogens is 3. The minimum absolute atomic E-state index is 0.00432. The lowest BCUT2D eigenvalue weighted by Crippen LogP contribution is -2.61. The maximum absolute atomic E-state index is 10.3. The number of rotatable bonds is 12. The van der Waals surface area contributed by atoms with E-state index >= 15 is 0 Å². The lowest BCUT2D eigenvalue weighted by Gasteiger charge is -2.45. The summed E-state index contributed by atoms with van der Waals surface area (Å²) in [6, 6.07) is 120. The average Bonchev–Trinajstić information content (AvgIpc) is 1.55. The van der Waals surface area contributed by atoms with Gasteiger partial charge in [-0.25, -0.2) is 0 Å². The first-order valence-corrected chi connectivity index (χ1v) is 40.3. The highest BCUT2D eigenvalue weighted by atomic mass is 15.2. The Hall–Kier alpha value is -14.4. The summed E-state index contributed by atoms with van der Waals surface area (Å²) in [6.45, 7) is 13.1. The Morgan fingerprint density at radius 1 is 0.265 bits per heavy atom. The van der Waals surface area contributed by atoms with Gasteiger partial charge in [0.15, 0.2) is 0 Å².